The van der Waals surface area contributed by atoms with Crippen LogP contribution in [0.1, 0.15) is 13.8 Å². The monoisotopic (exact) mass is 350 g/mol. The number of sulfonamides is 1. The molecule has 0 bridgehead atoms. The van der Waals surface area contributed by atoms with Gasteiger partial charge in [0.05, 0.1) is 21.6 Å². The van der Waals surface area contributed by atoms with Gasteiger partial charge in [0, 0.05) is 19.2 Å². The van der Waals surface area contributed by atoms with Gasteiger partial charge in [0.25, 0.3) is 15.7 Å². The van der Waals surface area contributed by atoms with Gasteiger partial charge in [0.2, 0.25) is 0 Å². The molecule has 0 radical (unpaired) electrons. The summed E-state index contributed by atoms with van der Waals surface area (Å²) in [6, 6.07) is 11.6. The van der Waals surface area contributed by atoms with Gasteiger partial charge in [0.1, 0.15) is 5.75 Å². The first kappa shape index (κ1) is 17.7. The number of benzene rings is 2. The lowest BCUT2D eigenvalue weighted by atomic mass is 10.3. The van der Waals surface area contributed by atoms with Gasteiger partial charge in [-0.15, -0.1) is 0 Å². The van der Waals surface area contributed by atoms with Gasteiger partial charge in [0.15, 0.2) is 0 Å². The normalized spacial score (nSPS) is 11.3. The number of anilines is 1. The predicted octanol–water partition coefficient (Wildman–Crippen LogP) is 3.21. The quantitative estimate of drug-likeness (QED) is 0.589. The van der Waals surface area contributed by atoms with E-state index < -0.39 is 14.9 Å². The van der Waals surface area contributed by atoms with E-state index in [0.29, 0.717) is 11.4 Å². The number of nitro groups is 1. The van der Waals surface area contributed by atoms with E-state index in [-0.39, 0.29) is 16.7 Å². The average molecular weight is 350 g/mol. The van der Waals surface area contributed by atoms with Crippen LogP contribution < -0.4 is 9.04 Å². The third kappa shape index (κ3) is 3.65. The SMILES string of the molecule is CC(C)Oc1ccccc1N(C)S(=O)(=O)c1ccc([N+](=O)[O-])cc1. The third-order valence-corrected chi connectivity index (χ3v) is 5.06. The van der Waals surface area contributed by atoms with Gasteiger partial charge in [-0.3, -0.25) is 14.4 Å². The third-order valence-electron chi connectivity index (χ3n) is 3.27. The van der Waals surface area contributed by atoms with E-state index in [9.17, 15) is 18.5 Å². The molecule has 128 valence electrons. The fourth-order valence-corrected chi connectivity index (χ4v) is 3.30. The number of ether oxygens (including phenoxy) is 1. The van der Waals surface area contributed by atoms with Gasteiger partial charge in [-0.1, -0.05) is 12.1 Å². The number of nitro benzene ring substituents is 1. The van der Waals surface area contributed by atoms with E-state index in [1.807, 2.05) is 13.8 Å². The van der Waals surface area contributed by atoms with Crippen molar-refractivity contribution in [1.29, 1.82) is 0 Å². The number of rotatable bonds is 6. The molecular formula is C16H18N2O5S. The van der Waals surface area contributed by atoms with E-state index in [4.69, 9.17) is 4.74 Å². The number of non-ortho nitro benzene ring substituents is 1. The van der Waals surface area contributed by atoms with Crippen molar-refractivity contribution >= 4 is 21.4 Å². The molecule has 0 saturated carbocycles. The summed E-state index contributed by atoms with van der Waals surface area (Å²) < 4.78 is 32.3. The zero-order valence-corrected chi connectivity index (χ0v) is 14.4. The van der Waals surface area contributed by atoms with Crippen LogP contribution in [0.4, 0.5) is 11.4 Å². The molecule has 2 rings (SSSR count). The highest BCUT2D eigenvalue weighted by atomic mass is 32.2. The van der Waals surface area contributed by atoms with Crippen LogP contribution in [-0.4, -0.2) is 26.5 Å². The standard InChI is InChI=1S/C16H18N2O5S/c1-12(2)23-16-7-5-4-6-15(16)17(3)24(21,22)14-10-8-13(9-11-14)18(19)20/h4-12H,1-3H3. The maximum absolute atomic E-state index is 12.8. The first-order valence-corrected chi connectivity index (χ1v) is 8.66. The topological polar surface area (TPSA) is 89.8 Å². The Balaban J connectivity index is 2.41. The van der Waals surface area contributed by atoms with Gasteiger partial charge < -0.3 is 4.74 Å². The van der Waals surface area contributed by atoms with Crippen LogP contribution in [0.2, 0.25) is 0 Å². The van der Waals surface area contributed by atoms with E-state index in [2.05, 4.69) is 0 Å². The molecule has 0 N–H and O–H groups in total. The van der Waals surface area contributed by atoms with Crippen molar-refractivity contribution in [3.05, 3.63) is 58.6 Å². The predicted molar refractivity (Wildman–Crippen MR) is 90.9 cm³/mol. The zero-order valence-electron chi connectivity index (χ0n) is 13.5. The molecule has 2 aromatic carbocycles. The molecule has 24 heavy (non-hydrogen) atoms. The van der Waals surface area contributed by atoms with Crippen LogP contribution in [0.5, 0.6) is 5.75 Å². The first-order valence-electron chi connectivity index (χ1n) is 7.22. The van der Waals surface area contributed by atoms with Crippen molar-refractivity contribution in [1.82, 2.24) is 0 Å². The summed E-state index contributed by atoms with van der Waals surface area (Å²) in [6.07, 6.45) is -0.110. The molecule has 8 heteroatoms. The summed E-state index contributed by atoms with van der Waals surface area (Å²) >= 11 is 0. The van der Waals surface area contributed by atoms with Gasteiger partial charge >= 0.3 is 0 Å². The van der Waals surface area contributed by atoms with Crippen LogP contribution in [0, 0.1) is 10.1 Å². The summed E-state index contributed by atoms with van der Waals surface area (Å²) in [4.78, 5) is 10.1. The average Bonchev–Trinajstić information content (AvgIpc) is 2.54. The summed E-state index contributed by atoms with van der Waals surface area (Å²) in [7, 11) is -2.45. The molecule has 0 fully saturated rings. The molecule has 7 nitrogen and oxygen atoms in total. The van der Waals surface area contributed by atoms with Gasteiger partial charge in [-0.25, -0.2) is 8.42 Å². The Labute approximate surface area is 140 Å². The molecule has 0 saturated heterocycles. The number of para-hydroxylation sites is 2. The Kier molecular flexibility index (Phi) is 5.08. The van der Waals surface area contributed by atoms with Crippen LogP contribution >= 0.6 is 0 Å². The summed E-state index contributed by atoms with van der Waals surface area (Å²) in [5.74, 6) is 0.445. The Morgan fingerprint density at radius 2 is 1.67 bits per heavy atom. The molecule has 0 aliphatic heterocycles. The molecule has 0 unspecified atom stereocenters. The van der Waals surface area contributed by atoms with E-state index in [1.54, 1.807) is 24.3 Å². The minimum atomic E-state index is -3.86. The molecular weight excluding hydrogens is 332 g/mol. The highest BCUT2D eigenvalue weighted by Crippen LogP contribution is 2.32. The molecule has 0 aromatic heterocycles. The minimum Gasteiger partial charge on any atom is -0.489 e. The Morgan fingerprint density at radius 3 is 2.21 bits per heavy atom. The van der Waals surface area contributed by atoms with Gasteiger partial charge in [-0.05, 0) is 38.1 Å². The number of hydrogen-bond acceptors (Lipinski definition) is 5. The highest BCUT2D eigenvalue weighted by Gasteiger charge is 2.24. The largest absolute Gasteiger partial charge is 0.489 e. The molecule has 0 heterocycles. The number of nitrogens with zero attached hydrogens (tertiary/aromatic N) is 2. The first-order chi connectivity index (χ1) is 11.2. The molecule has 0 atom stereocenters. The van der Waals surface area contributed by atoms with Crippen molar-refractivity contribution in [3.8, 4) is 5.75 Å². The zero-order chi connectivity index (χ0) is 17.9. The molecule has 0 spiro atoms. The molecule has 2 aromatic rings. The Hall–Kier alpha value is -2.61. The highest BCUT2D eigenvalue weighted by molar-refractivity contribution is 7.92. The second-order valence-electron chi connectivity index (χ2n) is 5.36. The summed E-state index contributed by atoms with van der Waals surface area (Å²) in [5.41, 5.74) is 0.227. The molecule has 0 aliphatic carbocycles. The van der Waals surface area contributed by atoms with Crippen molar-refractivity contribution in [2.45, 2.75) is 24.8 Å². The minimum absolute atomic E-state index is 0.0325. The van der Waals surface area contributed by atoms with Crippen LogP contribution in [-0.2, 0) is 10.0 Å². The lowest BCUT2D eigenvalue weighted by Gasteiger charge is -2.23. The van der Waals surface area contributed by atoms with Crippen LogP contribution in [0.3, 0.4) is 0 Å². The second-order valence-corrected chi connectivity index (χ2v) is 7.33. The second kappa shape index (κ2) is 6.88. The van der Waals surface area contributed by atoms with E-state index in [1.165, 1.54) is 19.2 Å². The lowest BCUT2D eigenvalue weighted by molar-refractivity contribution is -0.384. The lowest BCUT2D eigenvalue weighted by Crippen LogP contribution is -2.27. The fourth-order valence-electron chi connectivity index (χ4n) is 2.10. The van der Waals surface area contributed by atoms with Crippen molar-refractivity contribution < 1.29 is 18.1 Å². The number of hydrogen-bond donors (Lipinski definition) is 0. The smallest absolute Gasteiger partial charge is 0.269 e. The summed E-state index contributed by atoms with van der Waals surface area (Å²) in [5, 5.41) is 10.7. The Bertz CT molecular complexity index is 832. The maximum Gasteiger partial charge on any atom is 0.269 e. The Morgan fingerprint density at radius 1 is 1.08 bits per heavy atom. The van der Waals surface area contributed by atoms with Crippen molar-refractivity contribution in [3.63, 3.8) is 0 Å². The van der Waals surface area contributed by atoms with Crippen molar-refractivity contribution in [2.24, 2.45) is 0 Å². The van der Waals surface area contributed by atoms with E-state index >= 15 is 0 Å². The summed E-state index contributed by atoms with van der Waals surface area (Å²) in [6.45, 7) is 3.70. The van der Waals surface area contributed by atoms with Gasteiger partial charge in [-0.2, -0.15) is 0 Å². The molecule has 0 aliphatic rings. The van der Waals surface area contributed by atoms with Crippen LogP contribution in [0.25, 0.3) is 0 Å². The molecule has 0 amide bonds. The maximum atomic E-state index is 12.8. The van der Waals surface area contributed by atoms with E-state index in [0.717, 1.165) is 16.4 Å². The fraction of sp³-hybridized carbons (Fsp3) is 0.250. The van der Waals surface area contributed by atoms with Crippen LogP contribution in [0.15, 0.2) is 53.4 Å². The van der Waals surface area contributed by atoms with Crippen molar-refractivity contribution in [2.75, 3.05) is 11.4 Å².